The Morgan fingerprint density at radius 3 is 2.64 bits per heavy atom. The van der Waals surface area contributed by atoms with Gasteiger partial charge in [-0.1, -0.05) is 20.4 Å². The minimum Gasteiger partial charge on any atom is -0.332 e. The summed E-state index contributed by atoms with van der Waals surface area (Å²) in [7, 11) is 0. The predicted octanol–water partition coefficient (Wildman–Crippen LogP) is 2.57. The maximum absolute atomic E-state index is 4.05. The zero-order valence-corrected chi connectivity index (χ0v) is 7.54. The van der Waals surface area contributed by atoms with Crippen LogP contribution >= 0.6 is 0 Å². The molecule has 0 amide bonds. The number of imidazole rings is 1. The number of rotatable bonds is 2. The molecule has 0 aromatic carbocycles. The van der Waals surface area contributed by atoms with E-state index < -0.39 is 0 Å². The van der Waals surface area contributed by atoms with Crippen molar-refractivity contribution in [2.45, 2.75) is 27.3 Å². The largest absolute Gasteiger partial charge is 0.332 e. The van der Waals surface area contributed by atoms with Gasteiger partial charge in [0.05, 0.1) is 0 Å². The lowest BCUT2D eigenvalue weighted by Gasteiger charge is -1.96. The SMILES string of the molecule is C=Cc1nccn1CC.CC. The average molecular weight is 152 g/mol. The van der Waals surface area contributed by atoms with E-state index in [9.17, 15) is 0 Å². The molecular weight excluding hydrogens is 136 g/mol. The summed E-state index contributed by atoms with van der Waals surface area (Å²) < 4.78 is 2.03. The molecule has 0 atom stereocenters. The lowest BCUT2D eigenvalue weighted by molar-refractivity contribution is 0.752. The van der Waals surface area contributed by atoms with Crippen LogP contribution in [0.2, 0.25) is 0 Å². The molecule has 1 heterocycles. The van der Waals surface area contributed by atoms with E-state index >= 15 is 0 Å². The molecule has 0 aliphatic heterocycles. The van der Waals surface area contributed by atoms with Crippen LogP contribution in [0.5, 0.6) is 0 Å². The Morgan fingerprint density at radius 2 is 2.27 bits per heavy atom. The highest BCUT2D eigenvalue weighted by Crippen LogP contribution is 1.96. The molecule has 0 radical (unpaired) electrons. The number of nitrogens with zero attached hydrogens (tertiary/aromatic N) is 2. The fourth-order valence-electron chi connectivity index (χ4n) is 0.778. The molecule has 2 nitrogen and oxygen atoms in total. The number of aryl methyl sites for hydroxylation is 1. The maximum Gasteiger partial charge on any atom is 0.131 e. The molecule has 0 bridgehead atoms. The van der Waals surface area contributed by atoms with Gasteiger partial charge in [-0.05, 0) is 13.0 Å². The van der Waals surface area contributed by atoms with Gasteiger partial charge in [0.1, 0.15) is 5.82 Å². The molecular formula is C9H16N2. The molecule has 0 spiro atoms. The standard InChI is InChI=1S/C7H10N2.C2H6/c1-3-7-8-5-6-9(7)4-2;1-2/h3,5-6H,1,4H2,2H3;1-2H3. The van der Waals surface area contributed by atoms with Gasteiger partial charge in [0.15, 0.2) is 0 Å². The lowest BCUT2D eigenvalue weighted by Crippen LogP contribution is -1.93. The smallest absolute Gasteiger partial charge is 0.131 e. The molecule has 0 saturated carbocycles. The number of hydrogen-bond donors (Lipinski definition) is 0. The summed E-state index contributed by atoms with van der Waals surface area (Å²) in [6, 6.07) is 0. The van der Waals surface area contributed by atoms with E-state index in [1.54, 1.807) is 12.3 Å². The fraction of sp³-hybridized carbons (Fsp3) is 0.444. The lowest BCUT2D eigenvalue weighted by atomic mass is 10.5. The summed E-state index contributed by atoms with van der Waals surface area (Å²) in [4.78, 5) is 4.05. The van der Waals surface area contributed by atoms with Crippen LogP contribution < -0.4 is 0 Å². The molecule has 0 aliphatic carbocycles. The highest BCUT2D eigenvalue weighted by molar-refractivity contribution is 5.36. The van der Waals surface area contributed by atoms with E-state index in [-0.39, 0.29) is 0 Å². The zero-order chi connectivity index (χ0) is 8.69. The Labute approximate surface area is 68.6 Å². The molecule has 0 aliphatic rings. The van der Waals surface area contributed by atoms with Crippen LogP contribution in [0.25, 0.3) is 6.08 Å². The normalized spacial score (nSPS) is 8.27. The van der Waals surface area contributed by atoms with Crippen molar-refractivity contribution in [1.29, 1.82) is 0 Å². The van der Waals surface area contributed by atoms with Crippen molar-refractivity contribution in [3.63, 3.8) is 0 Å². The quantitative estimate of drug-likeness (QED) is 0.637. The summed E-state index contributed by atoms with van der Waals surface area (Å²) in [5, 5.41) is 0. The topological polar surface area (TPSA) is 17.8 Å². The van der Waals surface area contributed by atoms with Crippen LogP contribution in [-0.2, 0) is 6.54 Å². The summed E-state index contributed by atoms with van der Waals surface area (Å²) >= 11 is 0. The Balaban J connectivity index is 0.000000461. The van der Waals surface area contributed by atoms with Crippen LogP contribution in [-0.4, -0.2) is 9.55 Å². The first-order chi connectivity index (χ1) is 5.38. The molecule has 0 fully saturated rings. The first kappa shape index (κ1) is 9.95. The van der Waals surface area contributed by atoms with E-state index in [0.29, 0.717) is 0 Å². The number of aromatic nitrogens is 2. The second-order valence-electron chi connectivity index (χ2n) is 1.78. The van der Waals surface area contributed by atoms with E-state index in [4.69, 9.17) is 0 Å². The third-order valence-electron chi connectivity index (χ3n) is 1.27. The molecule has 1 aromatic rings. The van der Waals surface area contributed by atoms with Crippen LogP contribution in [0.3, 0.4) is 0 Å². The molecule has 0 saturated heterocycles. The highest BCUT2D eigenvalue weighted by atomic mass is 15.0. The van der Waals surface area contributed by atoms with Gasteiger partial charge in [-0.25, -0.2) is 4.98 Å². The van der Waals surface area contributed by atoms with Crippen molar-refractivity contribution < 1.29 is 0 Å². The number of hydrogen-bond acceptors (Lipinski definition) is 1. The maximum atomic E-state index is 4.05. The Morgan fingerprint density at radius 1 is 1.64 bits per heavy atom. The van der Waals surface area contributed by atoms with Gasteiger partial charge in [0, 0.05) is 18.9 Å². The van der Waals surface area contributed by atoms with Gasteiger partial charge >= 0.3 is 0 Å². The first-order valence-electron chi connectivity index (χ1n) is 4.02. The third kappa shape index (κ3) is 2.58. The minimum atomic E-state index is 0.942. The summed E-state index contributed by atoms with van der Waals surface area (Å²) in [6.45, 7) is 10.7. The van der Waals surface area contributed by atoms with Crippen LogP contribution in [0.1, 0.15) is 26.6 Å². The van der Waals surface area contributed by atoms with Crippen molar-refractivity contribution in [1.82, 2.24) is 9.55 Å². The minimum absolute atomic E-state index is 0.942. The summed E-state index contributed by atoms with van der Waals surface area (Å²) in [5.74, 6) is 0.942. The van der Waals surface area contributed by atoms with Crippen molar-refractivity contribution in [3.8, 4) is 0 Å². The van der Waals surface area contributed by atoms with Crippen molar-refractivity contribution >= 4 is 6.08 Å². The van der Waals surface area contributed by atoms with E-state index in [0.717, 1.165) is 12.4 Å². The second-order valence-corrected chi connectivity index (χ2v) is 1.78. The van der Waals surface area contributed by atoms with Crippen molar-refractivity contribution in [2.75, 3.05) is 0 Å². The first-order valence-corrected chi connectivity index (χ1v) is 4.02. The van der Waals surface area contributed by atoms with Gasteiger partial charge in [0.25, 0.3) is 0 Å². The molecule has 1 aromatic heterocycles. The van der Waals surface area contributed by atoms with Gasteiger partial charge in [-0.15, -0.1) is 0 Å². The van der Waals surface area contributed by atoms with Gasteiger partial charge in [-0.2, -0.15) is 0 Å². The monoisotopic (exact) mass is 152 g/mol. The molecule has 0 N–H and O–H groups in total. The van der Waals surface area contributed by atoms with Crippen LogP contribution in [0.15, 0.2) is 19.0 Å². The van der Waals surface area contributed by atoms with E-state index in [1.165, 1.54) is 0 Å². The summed E-state index contributed by atoms with van der Waals surface area (Å²) in [5.41, 5.74) is 0. The van der Waals surface area contributed by atoms with Crippen molar-refractivity contribution in [2.24, 2.45) is 0 Å². The van der Waals surface area contributed by atoms with Gasteiger partial charge < -0.3 is 4.57 Å². The molecule has 1 rings (SSSR count). The average Bonchev–Trinajstić information content (AvgIpc) is 2.54. The molecule has 0 unspecified atom stereocenters. The van der Waals surface area contributed by atoms with Crippen LogP contribution in [0.4, 0.5) is 0 Å². The molecule has 2 heteroatoms. The summed E-state index contributed by atoms with van der Waals surface area (Å²) in [6.07, 6.45) is 5.47. The highest BCUT2D eigenvalue weighted by Gasteiger charge is 1.91. The predicted molar refractivity (Wildman–Crippen MR) is 49.3 cm³/mol. The second kappa shape index (κ2) is 5.71. The van der Waals surface area contributed by atoms with Crippen LogP contribution in [0, 0.1) is 0 Å². The van der Waals surface area contributed by atoms with E-state index in [1.807, 2.05) is 24.6 Å². The third-order valence-corrected chi connectivity index (χ3v) is 1.27. The Kier molecular flexibility index (Phi) is 5.17. The zero-order valence-electron chi connectivity index (χ0n) is 7.54. The molecule has 62 valence electrons. The fourth-order valence-corrected chi connectivity index (χ4v) is 0.778. The van der Waals surface area contributed by atoms with E-state index in [2.05, 4.69) is 18.5 Å². The van der Waals surface area contributed by atoms with Gasteiger partial charge in [0.2, 0.25) is 0 Å². The molecule has 11 heavy (non-hydrogen) atoms. The van der Waals surface area contributed by atoms with Gasteiger partial charge in [-0.3, -0.25) is 0 Å². The van der Waals surface area contributed by atoms with Crippen molar-refractivity contribution in [3.05, 3.63) is 24.8 Å². The Bertz CT molecular complexity index is 201. The Hall–Kier alpha value is -1.05.